The predicted molar refractivity (Wildman–Crippen MR) is 127 cm³/mol. The molecule has 3 aromatic heterocycles. The molecular formula is C27H17N5O. The summed E-state index contributed by atoms with van der Waals surface area (Å²) in [4.78, 5) is 28.7. The summed E-state index contributed by atoms with van der Waals surface area (Å²) >= 11 is 0. The minimum absolute atomic E-state index is 0.119. The SMILES string of the molecule is O=C1c2ccccc2N[C@]23c4c(ccnc4-c4nc5ccccc5c5ccnc2c45)NC[C@@H]13. The smallest absolute Gasteiger partial charge is 0.172 e. The maximum Gasteiger partial charge on any atom is 0.172 e. The van der Waals surface area contributed by atoms with E-state index in [0.717, 1.165) is 61.3 Å². The number of aromatic nitrogens is 3. The van der Waals surface area contributed by atoms with Gasteiger partial charge in [-0.15, -0.1) is 0 Å². The maximum atomic E-state index is 13.9. The lowest BCUT2D eigenvalue weighted by Gasteiger charge is -2.50. The van der Waals surface area contributed by atoms with Crippen LogP contribution in [0.4, 0.5) is 11.4 Å². The number of fused-ring (bicyclic) bond motifs is 4. The summed E-state index contributed by atoms with van der Waals surface area (Å²) in [6.07, 6.45) is 3.67. The van der Waals surface area contributed by atoms with Crippen molar-refractivity contribution in [1.29, 1.82) is 0 Å². The Balaban J connectivity index is 1.60. The first-order valence-electron chi connectivity index (χ1n) is 11.1. The van der Waals surface area contributed by atoms with Crippen molar-refractivity contribution in [2.24, 2.45) is 5.92 Å². The quantitative estimate of drug-likeness (QED) is 0.347. The number of hydrogen-bond donors (Lipinski definition) is 2. The van der Waals surface area contributed by atoms with E-state index >= 15 is 0 Å². The number of nitrogens with one attached hydrogen (secondary N) is 2. The number of Topliss-reactive ketones (excluding diaryl/α,β-unsaturated/α-hetero) is 1. The summed E-state index contributed by atoms with van der Waals surface area (Å²) < 4.78 is 0. The van der Waals surface area contributed by atoms with Gasteiger partial charge < -0.3 is 10.6 Å². The normalized spacial score (nSPS) is 21.6. The van der Waals surface area contributed by atoms with Crippen LogP contribution in [0.15, 0.2) is 73.1 Å². The summed E-state index contributed by atoms with van der Waals surface area (Å²) in [7, 11) is 0. The van der Waals surface area contributed by atoms with E-state index in [2.05, 4.69) is 16.7 Å². The number of ketones is 1. The number of rotatable bonds is 0. The number of hydrogen-bond acceptors (Lipinski definition) is 6. The van der Waals surface area contributed by atoms with Gasteiger partial charge in [-0.25, -0.2) is 4.98 Å². The molecule has 2 atom stereocenters. The van der Waals surface area contributed by atoms with Crippen LogP contribution in [0.25, 0.3) is 33.1 Å². The van der Waals surface area contributed by atoms with Crippen LogP contribution in [0.3, 0.4) is 0 Å². The molecule has 2 N–H and O–H groups in total. The topological polar surface area (TPSA) is 79.8 Å². The first-order chi connectivity index (χ1) is 16.3. The van der Waals surface area contributed by atoms with Gasteiger partial charge in [-0.1, -0.05) is 30.3 Å². The summed E-state index contributed by atoms with van der Waals surface area (Å²) in [5.74, 6) is -0.242. The van der Waals surface area contributed by atoms with Crippen molar-refractivity contribution >= 4 is 38.8 Å². The summed E-state index contributed by atoms with van der Waals surface area (Å²) in [5.41, 5.74) is 6.07. The van der Waals surface area contributed by atoms with E-state index in [1.807, 2.05) is 67.0 Å². The van der Waals surface area contributed by atoms with Crippen LogP contribution in [0.1, 0.15) is 21.6 Å². The molecule has 0 radical (unpaired) electrons. The summed E-state index contributed by atoms with van der Waals surface area (Å²) in [6, 6.07) is 19.9. The number of carbonyl (C=O) groups is 1. The fourth-order valence-corrected chi connectivity index (χ4v) is 6.09. The molecule has 2 aromatic carbocycles. The average molecular weight is 427 g/mol. The van der Waals surface area contributed by atoms with Gasteiger partial charge in [0.25, 0.3) is 0 Å². The number of carbonyl (C=O) groups excluding carboxylic acids is 1. The highest BCUT2D eigenvalue weighted by Gasteiger charge is 2.57. The van der Waals surface area contributed by atoms with Gasteiger partial charge in [0.15, 0.2) is 5.78 Å². The molecule has 2 aliphatic heterocycles. The summed E-state index contributed by atoms with van der Waals surface area (Å²) in [6.45, 7) is 0.519. The Morgan fingerprint density at radius 1 is 0.848 bits per heavy atom. The first-order valence-corrected chi connectivity index (χ1v) is 11.1. The standard InChI is InChI=1S/C27H17N5O/c33-25-16-6-2-4-8-19(16)32-27-17(25)13-30-20-10-12-28-24(22(20)27)23-21-15(9-11-29-26(21)27)14-5-1-3-7-18(14)31-23/h1-12,17,30,32H,13H2/t17-,27+/m0/s1. The highest BCUT2D eigenvalue weighted by molar-refractivity contribution is 6.15. The Morgan fingerprint density at radius 3 is 2.67 bits per heavy atom. The van der Waals surface area contributed by atoms with Crippen LogP contribution in [-0.2, 0) is 5.54 Å². The molecule has 3 aliphatic rings. The molecule has 1 aliphatic carbocycles. The third kappa shape index (κ3) is 1.91. The van der Waals surface area contributed by atoms with Gasteiger partial charge in [0.2, 0.25) is 0 Å². The van der Waals surface area contributed by atoms with Gasteiger partial charge in [-0.2, -0.15) is 0 Å². The second-order valence-corrected chi connectivity index (χ2v) is 8.92. The lowest BCUT2D eigenvalue weighted by atomic mass is 9.63. The third-order valence-corrected chi connectivity index (χ3v) is 7.42. The number of nitrogens with zero attached hydrogens (tertiary/aromatic N) is 3. The van der Waals surface area contributed by atoms with E-state index in [1.54, 1.807) is 0 Å². The minimum atomic E-state index is -0.813. The Labute approximate surface area is 188 Å². The Bertz CT molecular complexity index is 1690. The van der Waals surface area contributed by atoms with Crippen molar-refractivity contribution in [3.8, 4) is 11.4 Å². The van der Waals surface area contributed by atoms with E-state index in [4.69, 9.17) is 15.0 Å². The van der Waals surface area contributed by atoms with Crippen LogP contribution in [0.2, 0.25) is 0 Å². The molecule has 6 nitrogen and oxygen atoms in total. The van der Waals surface area contributed by atoms with E-state index in [-0.39, 0.29) is 11.7 Å². The van der Waals surface area contributed by atoms with Crippen LogP contribution in [0, 0.1) is 5.92 Å². The summed E-state index contributed by atoms with van der Waals surface area (Å²) in [5, 5.41) is 10.4. The molecule has 6 heteroatoms. The number of para-hydroxylation sites is 2. The van der Waals surface area contributed by atoms with Gasteiger partial charge in [-0.05, 0) is 35.7 Å². The second-order valence-electron chi connectivity index (χ2n) is 8.92. The zero-order valence-corrected chi connectivity index (χ0v) is 17.5. The Hall–Kier alpha value is -4.32. The third-order valence-electron chi connectivity index (χ3n) is 7.42. The van der Waals surface area contributed by atoms with Crippen LogP contribution >= 0.6 is 0 Å². The predicted octanol–water partition coefficient (Wildman–Crippen LogP) is 4.75. The average Bonchev–Trinajstić information content (AvgIpc) is 2.87. The molecule has 5 aromatic rings. The van der Waals surface area contributed by atoms with Crippen molar-refractivity contribution in [2.75, 3.05) is 17.2 Å². The lowest BCUT2D eigenvalue weighted by molar-refractivity contribution is 0.0872. The monoisotopic (exact) mass is 427 g/mol. The molecule has 156 valence electrons. The van der Waals surface area contributed by atoms with Crippen molar-refractivity contribution in [2.45, 2.75) is 5.54 Å². The van der Waals surface area contributed by atoms with Crippen LogP contribution in [-0.4, -0.2) is 27.3 Å². The second kappa shape index (κ2) is 5.72. The molecule has 1 spiro atoms. The molecule has 0 saturated carbocycles. The molecular weight excluding hydrogens is 410 g/mol. The lowest BCUT2D eigenvalue weighted by Crippen LogP contribution is -2.57. The number of pyridine rings is 3. The Morgan fingerprint density at radius 2 is 1.70 bits per heavy atom. The van der Waals surface area contributed by atoms with Gasteiger partial charge >= 0.3 is 0 Å². The van der Waals surface area contributed by atoms with Crippen LogP contribution < -0.4 is 10.6 Å². The van der Waals surface area contributed by atoms with Gasteiger partial charge in [0.05, 0.1) is 28.5 Å². The fourth-order valence-electron chi connectivity index (χ4n) is 6.09. The zero-order chi connectivity index (χ0) is 21.7. The molecule has 5 heterocycles. The van der Waals surface area contributed by atoms with Crippen molar-refractivity contribution in [1.82, 2.24) is 15.0 Å². The van der Waals surface area contributed by atoms with Gasteiger partial charge in [0.1, 0.15) is 5.54 Å². The molecule has 33 heavy (non-hydrogen) atoms. The van der Waals surface area contributed by atoms with Crippen molar-refractivity contribution in [3.05, 3.63) is 89.9 Å². The minimum Gasteiger partial charge on any atom is -0.384 e. The molecule has 0 bridgehead atoms. The van der Waals surface area contributed by atoms with E-state index < -0.39 is 5.54 Å². The Kier molecular flexibility index (Phi) is 2.99. The zero-order valence-electron chi connectivity index (χ0n) is 17.5. The molecule has 0 fully saturated rings. The van der Waals surface area contributed by atoms with Crippen LogP contribution in [0.5, 0.6) is 0 Å². The molecule has 8 rings (SSSR count). The van der Waals surface area contributed by atoms with Gasteiger partial charge in [0, 0.05) is 52.2 Å². The maximum absolute atomic E-state index is 13.9. The highest BCUT2D eigenvalue weighted by Crippen LogP contribution is 2.57. The molecule has 0 saturated heterocycles. The van der Waals surface area contributed by atoms with Crippen molar-refractivity contribution in [3.63, 3.8) is 0 Å². The fraction of sp³-hybridized carbons (Fsp3) is 0.111. The number of benzene rings is 2. The van der Waals surface area contributed by atoms with E-state index in [9.17, 15) is 4.79 Å². The first kappa shape index (κ1) is 17.3. The highest BCUT2D eigenvalue weighted by atomic mass is 16.1. The van der Waals surface area contributed by atoms with E-state index in [1.165, 1.54) is 0 Å². The molecule has 0 unspecified atom stereocenters. The van der Waals surface area contributed by atoms with E-state index in [0.29, 0.717) is 6.54 Å². The van der Waals surface area contributed by atoms with Gasteiger partial charge in [-0.3, -0.25) is 14.8 Å². The molecule has 0 amide bonds. The number of anilines is 2. The largest absolute Gasteiger partial charge is 0.384 e. The van der Waals surface area contributed by atoms with Crippen molar-refractivity contribution < 1.29 is 4.79 Å².